The van der Waals surface area contributed by atoms with Crippen LogP contribution in [0.15, 0.2) is 78.9 Å². The number of benzene rings is 3. The molecule has 0 bridgehead atoms. The Morgan fingerprint density at radius 2 is 1.48 bits per heavy atom. The first kappa shape index (κ1) is 16.8. The molecule has 0 amide bonds. The summed E-state index contributed by atoms with van der Waals surface area (Å²) in [5.74, 6) is 0.824. The summed E-state index contributed by atoms with van der Waals surface area (Å²) in [6.07, 6.45) is 0.373. The summed E-state index contributed by atoms with van der Waals surface area (Å²) in [6, 6.07) is 25.6. The fourth-order valence-electron chi connectivity index (χ4n) is 2.55. The average Bonchev–Trinajstić information content (AvgIpc) is 2.64. The molecule has 0 spiro atoms. The van der Waals surface area contributed by atoms with Gasteiger partial charge >= 0.3 is 0 Å². The summed E-state index contributed by atoms with van der Waals surface area (Å²) in [6.45, 7) is 2.06. The monoisotopic (exact) mass is 331 g/mol. The summed E-state index contributed by atoms with van der Waals surface area (Å²) in [4.78, 5) is 12.1. The van der Waals surface area contributed by atoms with Crippen LogP contribution in [-0.2, 0) is 11.2 Å². The van der Waals surface area contributed by atoms with Crippen molar-refractivity contribution in [2.45, 2.75) is 13.3 Å². The minimum atomic E-state index is 0.0621. The van der Waals surface area contributed by atoms with Crippen molar-refractivity contribution in [3.8, 4) is 5.75 Å². The molecule has 0 saturated carbocycles. The molecular formula is C22H21NO2. The quantitative estimate of drug-likeness (QED) is 0.667. The Bertz CT molecular complexity index is 826. The number of para-hydroxylation sites is 2. The number of anilines is 2. The third-order valence-electron chi connectivity index (χ3n) is 3.90. The second kappa shape index (κ2) is 8.15. The molecule has 0 aliphatic carbocycles. The molecular weight excluding hydrogens is 310 g/mol. The highest BCUT2D eigenvalue weighted by Gasteiger charge is 2.06. The highest BCUT2D eigenvalue weighted by Crippen LogP contribution is 2.18. The second-order valence-electron chi connectivity index (χ2n) is 5.96. The van der Waals surface area contributed by atoms with Crippen LogP contribution in [0.4, 0.5) is 11.4 Å². The molecule has 0 aromatic heterocycles. The Hall–Kier alpha value is -3.07. The predicted molar refractivity (Wildman–Crippen MR) is 102 cm³/mol. The van der Waals surface area contributed by atoms with E-state index in [4.69, 9.17) is 4.74 Å². The first-order valence-corrected chi connectivity index (χ1v) is 8.32. The van der Waals surface area contributed by atoms with Gasteiger partial charge in [0.25, 0.3) is 0 Å². The lowest BCUT2D eigenvalue weighted by molar-refractivity contribution is -0.120. The molecule has 1 N–H and O–H groups in total. The lowest BCUT2D eigenvalue weighted by atomic mass is 10.1. The van der Waals surface area contributed by atoms with E-state index in [1.54, 1.807) is 0 Å². The summed E-state index contributed by atoms with van der Waals surface area (Å²) < 4.78 is 5.61. The fraction of sp³-hybridized carbons (Fsp3) is 0.136. The van der Waals surface area contributed by atoms with Gasteiger partial charge in [0.15, 0.2) is 5.78 Å². The molecule has 3 nitrogen and oxygen atoms in total. The van der Waals surface area contributed by atoms with Crippen molar-refractivity contribution in [3.05, 3.63) is 90.0 Å². The lowest BCUT2D eigenvalue weighted by Crippen LogP contribution is -2.14. The van der Waals surface area contributed by atoms with E-state index in [0.717, 1.165) is 28.3 Å². The first-order valence-electron chi connectivity index (χ1n) is 8.32. The minimum absolute atomic E-state index is 0.0621. The number of Topliss-reactive ketones (excluding diaryl/α,β-unsaturated/α-hetero) is 1. The third kappa shape index (κ3) is 4.95. The van der Waals surface area contributed by atoms with Crippen LogP contribution in [-0.4, -0.2) is 12.4 Å². The molecule has 3 rings (SSSR count). The summed E-state index contributed by atoms with van der Waals surface area (Å²) in [5.41, 5.74) is 4.06. The van der Waals surface area contributed by atoms with Gasteiger partial charge in [-0.2, -0.15) is 0 Å². The normalized spacial score (nSPS) is 10.3. The van der Waals surface area contributed by atoms with Crippen molar-refractivity contribution >= 4 is 17.2 Å². The van der Waals surface area contributed by atoms with Crippen molar-refractivity contribution in [3.63, 3.8) is 0 Å². The number of hydrogen-bond acceptors (Lipinski definition) is 3. The maximum atomic E-state index is 12.1. The van der Waals surface area contributed by atoms with Crippen LogP contribution in [0, 0.1) is 6.92 Å². The van der Waals surface area contributed by atoms with Gasteiger partial charge in [0, 0.05) is 17.8 Å². The Labute approximate surface area is 148 Å². The summed E-state index contributed by atoms with van der Waals surface area (Å²) >= 11 is 0. The molecule has 0 atom stereocenters. The molecule has 0 radical (unpaired) electrons. The molecule has 0 fully saturated rings. The molecule has 3 aromatic rings. The fourth-order valence-corrected chi connectivity index (χ4v) is 2.55. The number of ketones is 1. The van der Waals surface area contributed by atoms with Crippen LogP contribution in [0.25, 0.3) is 0 Å². The number of nitrogens with one attached hydrogen (secondary N) is 1. The molecule has 0 heterocycles. The second-order valence-corrected chi connectivity index (χ2v) is 5.96. The molecule has 0 saturated heterocycles. The van der Waals surface area contributed by atoms with Crippen molar-refractivity contribution in [2.75, 3.05) is 11.9 Å². The van der Waals surface area contributed by atoms with Gasteiger partial charge < -0.3 is 10.1 Å². The van der Waals surface area contributed by atoms with E-state index < -0.39 is 0 Å². The van der Waals surface area contributed by atoms with Gasteiger partial charge in [0.2, 0.25) is 0 Å². The van der Waals surface area contributed by atoms with Crippen molar-refractivity contribution in [2.24, 2.45) is 0 Å². The standard InChI is InChI=1S/C22H21NO2/c1-17-7-5-6-10-22(17)25-16-21(24)15-18-11-13-20(14-12-18)23-19-8-3-2-4-9-19/h2-14,23H,15-16H2,1H3. The van der Waals surface area contributed by atoms with Gasteiger partial charge in [-0.1, -0.05) is 48.5 Å². The molecule has 3 aromatic carbocycles. The van der Waals surface area contributed by atoms with Gasteiger partial charge in [-0.3, -0.25) is 4.79 Å². The SMILES string of the molecule is Cc1ccccc1OCC(=O)Cc1ccc(Nc2ccccc2)cc1. The van der Waals surface area contributed by atoms with Crippen LogP contribution in [0.2, 0.25) is 0 Å². The largest absolute Gasteiger partial charge is 0.486 e. The average molecular weight is 331 g/mol. The Kier molecular flexibility index (Phi) is 5.47. The number of rotatable bonds is 7. The van der Waals surface area contributed by atoms with Gasteiger partial charge in [-0.05, 0) is 48.4 Å². The molecule has 0 aliphatic heterocycles. The highest BCUT2D eigenvalue weighted by molar-refractivity contribution is 5.82. The van der Waals surface area contributed by atoms with E-state index in [-0.39, 0.29) is 12.4 Å². The highest BCUT2D eigenvalue weighted by atomic mass is 16.5. The minimum Gasteiger partial charge on any atom is -0.486 e. The molecule has 3 heteroatoms. The van der Waals surface area contributed by atoms with Crippen LogP contribution < -0.4 is 10.1 Å². The maximum Gasteiger partial charge on any atom is 0.174 e. The first-order chi connectivity index (χ1) is 12.2. The van der Waals surface area contributed by atoms with Crippen LogP contribution >= 0.6 is 0 Å². The number of carbonyl (C=O) groups is 1. The Morgan fingerprint density at radius 1 is 0.840 bits per heavy atom. The topological polar surface area (TPSA) is 38.3 Å². The summed E-state index contributed by atoms with van der Waals surface area (Å²) in [7, 11) is 0. The van der Waals surface area contributed by atoms with Crippen LogP contribution in [0.5, 0.6) is 5.75 Å². The number of carbonyl (C=O) groups excluding carboxylic acids is 1. The molecule has 126 valence electrons. The molecule has 25 heavy (non-hydrogen) atoms. The zero-order chi connectivity index (χ0) is 17.5. The lowest BCUT2D eigenvalue weighted by Gasteiger charge is -2.09. The van der Waals surface area contributed by atoms with E-state index in [9.17, 15) is 4.79 Å². The number of aryl methyl sites for hydroxylation is 1. The van der Waals surface area contributed by atoms with E-state index in [1.807, 2.05) is 85.8 Å². The smallest absolute Gasteiger partial charge is 0.174 e. The van der Waals surface area contributed by atoms with Gasteiger partial charge in [-0.25, -0.2) is 0 Å². The Morgan fingerprint density at radius 3 is 2.20 bits per heavy atom. The van der Waals surface area contributed by atoms with E-state index in [1.165, 1.54) is 0 Å². The van der Waals surface area contributed by atoms with Crippen molar-refractivity contribution < 1.29 is 9.53 Å². The van der Waals surface area contributed by atoms with Crippen molar-refractivity contribution in [1.29, 1.82) is 0 Å². The summed E-state index contributed by atoms with van der Waals surface area (Å²) in [5, 5.41) is 3.33. The number of ether oxygens (including phenoxy) is 1. The van der Waals surface area contributed by atoms with Crippen molar-refractivity contribution in [1.82, 2.24) is 0 Å². The zero-order valence-electron chi connectivity index (χ0n) is 14.2. The van der Waals surface area contributed by atoms with E-state index in [0.29, 0.717) is 6.42 Å². The van der Waals surface area contributed by atoms with Gasteiger partial charge in [0.05, 0.1) is 0 Å². The van der Waals surface area contributed by atoms with Crippen LogP contribution in [0.1, 0.15) is 11.1 Å². The molecule has 0 unspecified atom stereocenters. The third-order valence-corrected chi connectivity index (χ3v) is 3.90. The maximum absolute atomic E-state index is 12.1. The predicted octanol–water partition coefficient (Wildman–Crippen LogP) is 4.93. The van der Waals surface area contributed by atoms with Gasteiger partial charge in [-0.15, -0.1) is 0 Å². The van der Waals surface area contributed by atoms with E-state index >= 15 is 0 Å². The van der Waals surface area contributed by atoms with E-state index in [2.05, 4.69) is 5.32 Å². The number of hydrogen-bond donors (Lipinski definition) is 1. The molecule has 0 aliphatic rings. The Balaban J connectivity index is 1.52. The zero-order valence-corrected chi connectivity index (χ0v) is 14.2. The van der Waals surface area contributed by atoms with Gasteiger partial charge in [0.1, 0.15) is 12.4 Å². The van der Waals surface area contributed by atoms with Crippen LogP contribution in [0.3, 0.4) is 0 Å².